The van der Waals surface area contributed by atoms with Gasteiger partial charge in [-0.1, -0.05) is 37.1 Å². The van der Waals surface area contributed by atoms with E-state index in [9.17, 15) is 4.79 Å². The van der Waals surface area contributed by atoms with Crippen LogP contribution in [0.3, 0.4) is 0 Å². The molecule has 3 rings (SSSR count). The van der Waals surface area contributed by atoms with Gasteiger partial charge in [-0.2, -0.15) is 5.10 Å². The lowest BCUT2D eigenvalue weighted by Gasteiger charge is -2.09. The smallest absolute Gasteiger partial charge is 0.248 e. The molecule has 0 saturated heterocycles. The van der Waals surface area contributed by atoms with Crippen molar-refractivity contribution in [3.8, 4) is 11.4 Å². The minimum Gasteiger partial charge on any atom is -0.322 e. The van der Waals surface area contributed by atoms with Crippen LogP contribution in [0.4, 0.5) is 5.69 Å². The second kappa shape index (κ2) is 8.84. The maximum absolute atomic E-state index is 12.5. The van der Waals surface area contributed by atoms with E-state index >= 15 is 0 Å². The Balaban J connectivity index is 1.77. The summed E-state index contributed by atoms with van der Waals surface area (Å²) in [5.74, 6) is 0.419. The van der Waals surface area contributed by atoms with Crippen molar-refractivity contribution in [1.29, 1.82) is 0 Å². The van der Waals surface area contributed by atoms with Gasteiger partial charge < -0.3 is 9.88 Å². The van der Waals surface area contributed by atoms with Gasteiger partial charge in [-0.3, -0.25) is 9.48 Å². The molecule has 0 spiro atoms. The highest BCUT2D eigenvalue weighted by molar-refractivity contribution is 6.31. The molecule has 0 unspecified atom stereocenters. The zero-order valence-electron chi connectivity index (χ0n) is 16.2. The first kappa shape index (κ1) is 19.8. The first-order valence-corrected chi connectivity index (χ1v) is 9.54. The lowest BCUT2D eigenvalue weighted by molar-refractivity contribution is -0.111. The Kier molecular flexibility index (Phi) is 6.26. The molecule has 0 atom stereocenters. The summed E-state index contributed by atoms with van der Waals surface area (Å²) < 4.78 is 3.58. The number of nitrogens with zero attached hydrogens (tertiary/aromatic N) is 5. The molecule has 0 aliphatic carbocycles. The lowest BCUT2D eigenvalue weighted by Crippen LogP contribution is -2.09. The van der Waals surface area contributed by atoms with E-state index in [2.05, 4.69) is 27.5 Å². The molecule has 1 N–H and O–H groups in total. The number of rotatable bonds is 7. The van der Waals surface area contributed by atoms with E-state index in [0.717, 1.165) is 36.2 Å². The molecule has 146 valence electrons. The molecular formula is C20H23ClN6O. The third-order valence-corrected chi connectivity index (χ3v) is 4.77. The van der Waals surface area contributed by atoms with Crippen LogP contribution in [0.15, 0.2) is 36.7 Å². The fourth-order valence-corrected chi connectivity index (χ4v) is 3.18. The summed E-state index contributed by atoms with van der Waals surface area (Å²) in [7, 11) is 1.86. The van der Waals surface area contributed by atoms with Crippen LogP contribution < -0.4 is 5.32 Å². The van der Waals surface area contributed by atoms with Crippen molar-refractivity contribution in [3.05, 3.63) is 53.1 Å². The van der Waals surface area contributed by atoms with Crippen LogP contribution >= 0.6 is 11.6 Å². The van der Waals surface area contributed by atoms with Crippen LogP contribution in [0.5, 0.6) is 0 Å². The molecule has 0 aliphatic heterocycles. The van der Waals surface area contributed by atoms with Gasteiger partial charge in [0.25, 0.3) is 0 Å². The third-order valence-electron chi connectivity index (χ3n) is 4.37. The molecule has 3 aromatic rings. The van der Waals surface area contributed by atoms with Crippen LogP contribution in [-0.2, 0) is 18.4 Å². The quantitative estimate of drug-likeness (QED) is 0.608. The molecule has 0 saturated carbocycles. The first-order valence-electron chi connectivity index (χ1n) is 9.16. The molecule has 7 nitrogen and oxygen atoms in total. The van der Waals surface area contributed by atoms with Gasteiger partial charge in [0.15, 0.2) is 5.82 Å². The Labute approximate surface area is 169 Å². The molecule has 0 fully saturated rings. The SMILES string of the molecule is CCCCn1nc(C)c(C=CC(=O)Nc2ccccc2-c2nncn2C)c1Cl. The van der Waals surface area contributed by atoms with Gasteiger partial charge in [0.2, 0.25) is 5.91 Å². The van der Waals surface area contributed by atoms with Gasteiger partial charge in [-0.15, -0.1) is 10.2 Å². The number of anilines is 1. The van der Waals surface area contributed by atoms with Crippen molar-refractivity contribution >= 4 is 29.3 Å². The van der Waals surface area contributed by atoms with Crippen LogP contribution in [0.25, 0.3) is 17.5 Å². The number of hydrogen-bond acceptors (Lipinski definition) is 4. The highest BCUT2D eigenvalue weighted by Gasteiger charge is 2.13. The van der Waals surface area contributed by atoms with Gasteiger partial charge in [-0.05, 0) is 31.6 Å². The standard InChI is InChI=1S/C20H23ClN6O/c1-4-5-12-27-19(21)15(14(2)25-27)10-11-18(28)23-17-9-7-6-8-16(17)20-24-22-13-26(20)3/h6-11,13H,4-5,12H2,1-3H3,(H,23,28). The minimum absolute atomic E-state index is 0.258. The van der Waals surface area contributed by atoms with E-state index in [1.807, 2.05) is 38.2 Å². The number of benzene rings is 1. The molecule has 2 heterocycles. The normalized spacial score (nSPS) is 11.3. The van der Waals surface area contributed by atoms with E-state index in [1.54, 1.807) is 21.7 Å². The lowest BCUT2D eigenvalue weighted by atomic mass is 10.1. The van der Waals surface area contributed by atoms with Crippen LogP contribution in [0, 0.1) is 6.92 Å². The molecule has 8 heteroatoms. The molecular weight excluding hydrogens is 376 g/mol. The molecule has 0 radical (unpaired) electrons. The second-order valence-corrected chi connectivity index (χ2v) is 6.86. The number of amides is 1. The third kappa shape index (κ3) is 4.31. The summed E-state index contributed by atoms with van der Waals surface area (Å²) in [4.78, 5) is 12.5. The molecule has 1 aromatic carbocycles. The number of hydrogen-bond donors (Lipinski definition) is 1. The van der Waals surface area contributed by atoms with E-state index < -0.39 is 0 Å². The molecule has 28 heavy (non-hydrogen) atoms. The second-order valence-electron chi connectivity index (χ2n) is 6.50. The number of carbonyl (C=O) groups excluding carboxylic acids is 1. The van der Waals surface area contributed by atoms with Crippen LogP contribution in [-0.4, -0.2) is 30.5 Å². The average molecular weight is 399 g/mol. The Morgan fingerprint density at radius 3 is 2.82 bits per heavy atom. The number of aromatic nitrogens is 5. The summed E-state index contributed by atoms with van der Waals surface area (Å²) in [5, 5.41) is 15.9. The predicted octanol–water partition coefficient (Wildman–Crippen LogP) is 4.09. The van der Waals surface area contributed by atoms with Crippen LogP contribution in [0.1, 0.15) is 31.0 Å². The van der Waals surface area contributed by atoms with Crippen molar-refractivity contribution in [2.75, 3.05) is 5.32 Å². The van der Waals surface area contributed by atoms with Crippen molar-refractivity contribution < 1.29 is 4.79 Å². The van der Waals surface area contributed by atoms with Gasteiger partial charge in [0.05, 0.1) is 11.4 Å². The number of aryl methyl sites for hydroxylation is 3. The fraction of sp³-hybridized carbons (Fsp3) is 0.300. The molecule has 0 aliphatic rings. The Bertz CT molecular complexity index is 1000. The number of para-hydroxylation sites is 1. The van der Waals surface area contributed by atoms with Crippen molar-refractivity contribution in [1.82, 2.24) is 24.5 Å². The fourth-order valence-electron chi connectivity index (χ4n) is 2.86. The molecule has 2 aromatic heterocycles. The van der Waals surface area contributed by atoms with E-state index in [0.29, 0.717) is 16.7 Å². The molecule has 0 bridgehead atoms. The van der Waals surface area contributed by atoms with Gasteiger partial charge >= 0.3 is 0 Å². The zero-order chi connectivity index (χ0) is 20.1. The Morgan fingerprint density at radius 2 is 2.11 bits per heavy atom. The van der Waals surface area contributed by atoms with Crippen molar-refractivity contribution in [2.24, 2.45) is 7.05 Å². The monoisotopic (exact) mass is 398 g/mol. The topological polar surface area (TPSA) is 77.6 Å². The first-order chi connectivity index (χ1) is 13.5. The maximum atomic E-state index is 12.5. The van der Waals surface area contributed by atoms with Gasteiger partial charge in [0, 0.05) is 30.8 Å². The maximum Gasteiger partial charge on any atom is 0.248 e. The largest absolute Gasteiger partial charge is 0.322 e. The number of nitrogens with one attached hydrogen (secondary N) is 1. The molecule has 1 amide bonds. The van der Waals surface area contributed by atoms with E-state index in [-0.39, 0.29) is 5.91 Å². The van der Waals surface area contributed by atoms with Crippen molar-refractivity contribution in [2.45, 2.75) is 33.2 Å². The van der Waals surface area contributed by atoms with E-state index in [1.165, 1.54) is 6.08 Å². The van der Waals surface area contributed by atoms with Crippen LogP contribution in [0.2, 0.25) is 5.15 Å². The minimum atomic E-state index is -0.258. The summed E-state index contributed by atoms with van der Waals surface area (Å²) in [6.07, 6.45) is 6.85. The summed E-state index contributed by atoms with van der Waals surface area (Å²) in [5.41, 5.74) is 3.01. The van der Waals surface area contributed by atoms with Crippen molar-refractivity contribution in [3.63, 3.8) is 0 Å². The van der Waals surface area contributed by atoms with Gasteiger partial charge in [0.1, 0.15) is 11.5 Å². The van der Waals surface area contributed by atoms with E-state index in [4.69, 9.17) is 11.6 Å². The highest BCUT2D eigenvalue weighted by Crippen LogP contribution is 2.26. The summed E-state index contributed by atoms with van der Waals surface area (Å²) in [6, 6.07) is 7.47. The van der Waals surface area contributed by atoms with Gasteiger partial charge in [-0.25, -0.2) is 0 Å². The number of unbranched alkanes of at least 4 members (excludes halogenated alkanes) is 1. The predicted molar refractivity (Wildman–Crippen MR) is 111 cm³/mol. The number of halogens is 1. The Hall–Kier alpha value is -2.93. The summed E-state index contributed by atoms with van der Waals surface area (Å²) >= 11 is 6.42. The Morgan fingerprint density at radius 1 is 1.32 bits per heavy atom. The zero-order valence-corrected chi connectivity index (χ0v) is 16.9. The summed E-state index contributed by atoms with van der Waals surface area (Å²) in [6.45, 7) is 4.77. The number of carbonyl (C=O) groups is 1. The highest BCUT2D eigenvalue weighted by atomic mass is 35.5. The average Bonchev–Trinajstić information content (AvgIpc) is 3.22.